The SMILES string of the molecule is Cc1ccc([C@H]2CC(c3c(-c4ccc(Cl)cc4)c(C)c(C)[nH]c3=O)=NN2C(=O)C(F)CC(=O)O)cc1. The number of carbonyl (C=O) groups is 2. The summed E-state index contributed by atoms with van der Waals surface area (Å²) in [5, 5.41) is 14.9. The van der Waals surface area contributed by atoms with Crippen LogP contribution < -0.4 is 5.56 Å². The molecule has 0 spiro atoms. The van der Waals surface area contributed by atoms with E-state index in [1.165, 1.54) is 0 Å². The zero-order valence-corrected chi connectivity index (χ0v) is 20.8. The average molecular weight is 510 g/mol. The van der Waals surface area contributed by atoms with Crippen molar-refractivity contribution in [3.63, 3.8) is 0 Å². The lowest BCUT2D eigenvalue weighted by molar-refractivity contribution is -0.146. The van der Waals surface area contributed by atoms with E-state index < -0.39 is 30.5 Å². The first-order valence-corrected chi connectivity index (χ1v) is 11.8. The zero-order chi connectivity index (χ0) is 26.1. The first kappa shape index (κ1) is 25.3. The van der Waals surface area contributed by atoms with Gasteiger partial charge in [0.1, 0.15) is 0 Å². The van der Waals surface area contributed by atoms with Crippen molar-refractivity contribution in [1.82, 2.24) is 9.99 Å². The van der Waals surface area contributed by atoms with Gasteiger partial charge in [0.2, 0.25) is 0 Å². The minimum Gasteiger partial charge on any atom is -0.481 e. The molecule has 2 N–H and O–H groups in total. The minimum absolute atomic E-state index is 0.154. The van der Waals surface area contributed by atoms with Gasteiger partial charge in [-0.25, -0.2) is 9.40 Å². The number of hydrogen-bond acceptors (Lipinski definition) is 4. The van der Waals surface area contributed by atoms with Gasteiger partial charge in [-0.15, -0.1) is 0 Å². The highest BCUT2D eigenvalue weighted by Gasteiger charge is 2.38. The van der Waals surface area contributed by atoms with E-state index in [4.69, 9.17) is 16.7 Å². The Morgan fingerprint density at radius 2 is 1.75 bits per heavy atom. The molecule has 0 fully saturated rings. The van der Waals surface area contributed by atoms with Gasteiger partial charge >= 0.3 is 5.97 Å². The van der Waals surface area contributed by atoms with Crippen LogP contribution in [0, 0.1) is 20.8 Å². The fraction of sp³-hybridized carbons (Fsp3) is 0.259. The quantitative estimate of drug-likeness (QED) is 0.482. The fourth-order valence-corrected chi connectivity index (χ4v) is 4.49. The molecule has 0 saturated carbocycles. The monoisotopic (exact) mass is 509 g/mol. The molecule has 36 heavy (non-hydrogen) atoms. The topological polar surface area (TPSA) is 103 Å². The Bertz CT molecular complexity index is 1410. The number of carboxylic acids is 1. The van der Waals surface area contributed by atoms with Gasteiger partial charge in [-0.2, -0.15) is 5.10 Å². The number of aromatic amines is 1. The Kier molecular flexibility index (Phi) is 7.08. The molecule has 0 aliphatic carbocycles. The molecular weight excluding hydrogens is 485 g/mol. The number of pyridine rings is 1. The molecule has 0 radical (unpaired) electrons. The van der Waals surface area contributed by atoms with E-state index in [0.29, 0.717) is 27.6 Å². The number of alkyl halides is 1. The highest BCUT2D eigenvalue weighted by atomic mass is 35.5. The van der Waals surface area contributed by atoms with Crippen LogP contribution in [0.25, 0.3) is 11.1 Å². The van der Waals surface area contributed by atoms with E-state index in [9.17, 15) is 18.8 Å². The average Bonchev–Trinajstić information content (AvgIpc) is 3.26. The van der Waals surface area contributed by atoms with Gasteiger partial charge in [-0.3, -0.25) is 14.4 Å². The van der Waals surface area contributed by atoms with Gasteiger partial charge in [0.05, 0.1) is 23.7 Å². The standard InChI is InChI=1S/C27H25ClFN3O4/c1-14-4-6-17(7-5-14)22-13-21(31-32(22)27(36)20(29)12-23(33)34)25-24(15(2)16(3)30-26(25)35)18-8-10-19(28)11-9-18/h4-11,20,22H,12-13H2,1-3H3,(H,30,35)(H,33,34)/t20?,22-/m1/s1. The van der Waals surface area contributed by atoms with Crippen molar-refractivity contribution in [2.75, 3.05) is 0 Å². The van der Waals surface area contributed by atoms with Crippen LogP contribution in [0.4, 0.5) is 4.39 Å². The first-order chi connectivity index (χ1) is 17.1. The van der Waals surface area contributed by atoms with Gasteiger partial charge < -0.3 is 10.1 Å². The number of aliphatic carboxylic acids is 1. The Morgan fingerprint density at radius 3 is 2.36 bits per heavy atom. The molecule has 2 heterocycles. The molecule has 1 unspecified atom stereocenters. The number of hydrogen-bond donors (Lipinski definition) is 2. The molecular formula is C27H25ClFN3O4. The van der Waals surface area contributed by atoms with E-state index in [1.54, 1.807) is 31.2 Å². The normalized spacial score (nSPS) is 16.1. The van der Waals surface area contributed by atoms with E-state index >= 15 is 0 Å². The summed E-state index contributed by atoms with van der Waals surface area (Å²) in [4.78, 5) is 40.1. The van der Waals surface area contributed by atoms with Crippen LogP contribution in [-0.2, 0) is 9.59 Å². The van der Waals surface area contributed by atoms with Crippen LogP contribution in [0.1, 0.15) is 46.8 Å². The van der Waals surface area contributed by atoms with Gasteiger partial charge in [0, 0.05) is 22.7 Å². The summed E-state index contributed by atoms with van der Waals surface area (Å²) in [6.07, 6.45) is -3.09. The van der Waals surface area contributed by atoms with Crippen molar-refractivity contribution in [1.29, 1.82) is 0 Å². The summed E-state index contributed by atoms with van der Waals surface area (Å²) in [7, 11) is 0. The number of aromatic nitrogens is 1. The number of aryl methyl sites for hydroxylation is 2. The summed E-state index contributed by atoms with van der Waals surface area (Å²) in [5.74, 6) is -2.49. The van der Waals surface area contributed by atoms with Crippen LogP contribution in [0.3, 0.4) is 0 Å². The molecule has 3 aromatic rings. The Hall–Kier alpha value is -3.78. The maximum absolute atomic E-state index is 14.6. The van der Waals surface area contributed by atoms with Gasteiger partial charge in [-0.1, -0.05) is 53.6 Å². The molecule has 1 aromatic heterocycles. The van der Waals surface area contributed by atoms with E-state index in [0.717, 1.165) is 21.7 Å². The molecule has 2 aromatic carbocycles. The van der Waals surface area contributed by atoms with E-state index in [2.05, 4.69) is 10.1 Å². The Balaban J connectivity index is 1.87. The minimum atomic E-state index is -2.27. The number of nitrogens with zero attached hydrogens (tertiary/aromatic N) is 2. The predicted octanol–water partition coefficient (Wildman–Crippen LogP) is 5.11. The van der Waals surface area contributed by atoms with Crippen LogP contribution in [0.2, 0.25) is 5.02 Å². The largest absolute Gasteiger partial charge is 0.481 e. The number of halogens is 2. The molecule has 1 amide bonds. The number of H-pyrrole nitrogens is 1. The van der Waals surface area contributed by atoms with Gasteiger partial charge in [0.25, 0.3) is 11.5 Å². The van der Waals surface area contributed by atoms with Crippen molar-refractivity contribution >= 4 is 29.2 Å². The van der Waals surface area contributed by atoms with Gasteiger partial charge in [-0.05, 0) is 49.6 Å². The first-order valence-electron chi connectivity index (χ1n) is 11.4. The third kappa shape index (κ3) is 4.95. The van der Waals surface area contributed by atoms with Gasteiger partial charge in [0.15, 0.2) is 6.17 Å². The molecule has 1 aliphatic rings. The zero-order valence-electron chi connectivity index (χ0n) is 20.0. The number of nitrogens with one attached hydrogen (secondary N) is 1. The Morgan fingerprint density at radius 1 is 1.11 bits per heavy atom. The molecule has 7 nitrogen and oxygen atoms in total. The summed E-state index contributed by atoms with van der Waals surface area (Å²) in [5.41, 5.74) is 4.79. The smallest absolute Gasteiger partial charge is 0.306 e. The summed E-state index contributed by atoms with van der Waals surface area (Å²) < 4.78 is 14.6. The molecule has 4 rings (SSSR count). The number of benzene rings is 2. The molecule has 0 bridgehead atoms. The number of amides is 1. The molecule has 2 atom stereocenters. The second-order valence-corrected chi connectivity index (χ2v) is 9.32. The number of hydrazone groups is 1. The number of carbonyl (C=O) groups excluding carboxylic acids is 1. The number of carboxylic acid groups (broad SMARTS) is 1. The highest BCUT2D eigenvalue weighted by molar-refractivity contribution is 6.30. The lowest BCUT2D eigenvalue weighted by atomic mass is 9.90. The van der Waals surface area contributed by atoms with Crippen molar-refractivity contribution in [3.05, 3.63) is 91.9 Å². The van der Waals surface area contributed by atoms with Crippen LogP contribution >= 0.6 is 11.6 Å². The third-order valence-electron chi connectivity index (χ3n) is 6.36. The summed E-state index contributed by atoms with van der Waals surface area (Å²) >= 11 is 6.07. The lowest BCUT2D eigenvalue weighted by Gasteiger charge is -2.23. The van der Waals surface area contributed by atoms with E-state index in [1.807, 2.05) is 38.1 Å². The Labute approximate surface area is 212 Å². The molecule has 1 aliphatic heterocycles. The third-order valence-corrected chi connectivity index (χ3v) is 6.61. The maximum atomic E-state index is 14.6. The van der Waals surface area contributed by atoms with Crippen molar-refractivity contribution in [3.8, 4) is 11.1 Å². The fourth-order valence-electron chi connectivity index (χ4n) is 4.36. The van der Waals surface area contributed by atoms with E-state index in [-0.39, 0.29) is 17.5 Å². The second-order valence-electron chi connectivity index (χ2n) is 8.89. The van der Waals surface area contributed by atoms with Crippen LogP contribution in [-0.4, -0.2) is 38.9 Å². The summed E-state index contributed by atoms with van der Waals surface area (Å²) in [6.45, 7) is 5.58. The van der Waals surface area contributed by atoms with Crippen LogP contribution in [0.15, 0.2) is 58.4 Å². The predicted molar refractivity (Wildman–Crippen MR) is 136 cm³/mol. The van der Waals surface area contributed by atoms with Crippen molar-refractivity contribution in [2.24, 2.45) is 5.10 Å². The second kappa shape index (κ2) is 10.1. The van der Waals surface area contributed by atoms with Crippen molar-refractivity contribution < 1.29 is 19.1 Å². The number of rotatable bonds is 6. The maximum Gasteiger partial charge on any atom is 0.306 e. The molecule has 0 saturated heterocycles. The summed E-state index contributed by atoms with van der Waals surface area (Å²) in [6, 6.07) is 13.7. The molecule has 186 valence electrons. The lowest BCUT2D eigenvalue weighted by Crippen LogP contribution is -2.35. The highest BCUT2D eigenvalue weighted by Crippen LogP contribution is 2.37. The van der Waals surface area contributed by atoms with Crippen LogP contribution in [0.5, 0.6) is 0 Å². The molecule has 9 heteroatoms. The van der Waals surface area contributed by atoms with Crippen molar-refractivity contribution in [2.45, 2.75) is 45.8 Å².